The Morgan fingerprint density at radius 2 is 2.06 bits per heavy atom. The van der Waals surface area contributed by atoms with Crippen molar-refractivity contribution in [2.24, 2.45) is 0 Å². The molecular weight excluding hydrogens is 296 g/mol. The summed E-state index contributed by atoms with van der Waals surface area (Å²) < 4.78 is 26.3. The van der Waals surface area contributed by atoms with Gasteiger partial charge in [0.1, 0.15) is 5.01 Å². The molecule has 2 aromatic heterocycles. The Labute approximate surface area is 111 Å². The van der Waals surface area contributed by atoms with Gasteiger partial charge >= 0.3 is 4.87 Å². The number of aryl methyl sites for hydroxylation is 2. The molecule has 2 rings (SSSR count). The summed E-state index contributed by atoms with van der Waals surface area (Å²) >= 11 is 1.82. The summed E-state index contributed by atoms with van der Waals surface area (Å²) in [6.45, 7) is 3.44. The van der Waals surface area contributed by atoms with Gasteiger partial charge in [-0.2, -0.15) is 0 Å². The molecule has 0 bridgehead atoms. The number of hydrogen-bond donors (Lipinski definition) is 2. The normalized spacial score (nSPS) is 11.7. The summed E-state index contributed by atoms with van der Waals surface area (Å²) in [7, 11) is -3.77. The maximum Gasteiger partial charge on any atom is 0.306 e. The molecule has 0 saturated heterocycles. The zero-order valence-electron chi connectivity index (χ0n) is 9.55. The Morgan fingerprint density at radius 1 is 1.33 bits per heavy atom. The summed E-state index contributed by atoms with van der Waals surface area (Å²) in [6.07, 6.45) is 0.690. The molecule has 0 aliphatic rings. The summed E-state index contributed by atoms with van der Waals surface area (Å²) in [5.41, 5.74) is 0.317. The number of rotatable bonds is 4. The summed E-state index contributed by atoms with van der Waals surface area (Å²) in [5.74, 6) is 0. The predicted molar refractivity (Wildman–Crippen MR) is 69.8 cm³/mol. The lowest BCUT2D eigenvalue weighted by molar-refractivity contribution is 0.602. The minimum Gasteiger partial charge on any atom is -0.315 e. The van der Waals surface area contributed by atoms with Crippen LogP contribution in [0, 0.1) is 6.92 Å². The van der Waals surface area contributed by atoms with Crippen LogP contribution in [0.25, 0.3) is 0 Å². The van der Waals surface area contributed by atoms with Gasteiger partial charge in [0.2, 0.25) is 5.13 Å². The van der Waals surface area contributed by atoms with Gasteiger partial charge in [0.25, 0.3) is 10.0 Å². The van der Waals surface area contributed by atoms with Crippen LogP contribution in [0.1, 0.15) is 17.6 Å². The van der Waals surface area contributed by atoms with E-state index in [-0.39, 0.29) is 9.34 Å². The van der Waals surface area contributed by atoms with Crippen molar-refractivity contribution in [3.05, 3.63) is 20.4 Å². The van der Waals surface area contributed by atoms with E-state index in [1.807, 2.05) is 6.92 Å². The largest absolute Gasteiger partial charge is 0.315 e. The zero-order valence-corrected chi connectivity index (χ0v) is 12.0. The van der Waals surface area contributed by atoms with Gasteiger partial charge in [-0.25, -0.2) is 8.42 Å². The maximum absolute atomic E-state index is 12.0. The van der Waals surface area contributed by atoms with Crippen molar-refractivity contribution < 1.29 is 8.42 Å². The van der Waals surface area contributed by atoms with Crippen molar-refractivity contribution in [2.75, 3.05) is 4.72 Å². The van der Waals surface area contributed by atoms with Crippen molar-refractivity contribution in [1.29, 1.82) is 0 Å². The van der Waals surface area contributed by atoms with Gasteiger partial charge in [-0.05, 0) is 13.3 Å². The number of nitrogens with zero attached hydrogens (tertiary/aromatic N) is 2. The highest BCUT2D eigenvalue weighted by molar-refractivity contribution is 7.94. The van der Waals surface area contributed by atoms with Crippen molar-refractivity contribution in [1.82, 2.24) is 15.2 Å². The molecule has 0 saturated carbocycles. The van der Waals surface area contributed by atoms with E-state index < -0.39 is 14.9 Å². The number of nitrogens with one attached hydrogen (secondary N) is 2. The molecule has 0 spiro atoms. The number of thiazole rings is 1. The molecule has 0 aliphatic carbocycles. The summed E-state index contributed by atoms with van der Waals surface area (Å²) in [4.78, 5) is 13.1. The fourth-order valence-electron chi connectivity index (χ4n) is 1.25. The van der Waals surface area contributed by atoms with Crippen LogP contribution in [-0.4, -0.2) is 23.6 Å². The van der Waals surface area contributed by atoms with E-state index in [2.05, 4.69) is 19.9 Å². The molecule has 7 nitrogen and oxygen atoms in total. The van der Waals surface area contributed by atoms with Gasteiger partial charge < -0.3 is 4.98 Å². The molecule has 10 heteroatoms. The Bertz CT molecular complexity index is 712. The Balaban J connectivity index is 2.32. The van der Waals surface area contributed by atoms with Gasteiger partial charge in [-0.15, -0.1) is 10.2 Å². The van der Waals surface area contributed by atoms with Crippen LogP contribution >= 0.6 is 22.7 Å². The van der Waals surface area contributed by atoms with Gasteiger partial charge in [0, 0.05) is 5.69 Å². The van der Waals surface area contributed by atoms with Crippen LogP contribution in [0.4, 0.5) is 5.13 Å². The third-order valence-electron chi connectivity index (χ3n) is 2.02. The molecular formula is C8H10N4O3S3. The first-order chi connectivity index (χ1) is 8.42. The summed E-state index contributed by atoms with van der Waals surface area (Å²) in [6, 6.07) is 0. The number of H-pyrrole nitrogens is 1. The van der Waals surface area contributed by atoms with Crippen LogP contribution < -0.4 is 9.60 Å². The molecule has 0 radical (unpaired) electrons. The molecule has 2 aromatic rings. The quantitative estimate of drug-likeness (QED) is 0.875. The SMILES string of the molecule is CCc1nnc(NS(=O)(=O)c2sc(=O)[nH]c2C)s1. The monoisotopic (exact) mass is 306 g/mol. The molecule has 0 amide bonds. The van der Waals surface area contributed by atoms with E-state index in [9.17, 15) is 13.2 Å². The van der Waals surface area contributed by atoms with E-state index in [1.54, 1.807) is 0 Å². The fourth-order valence-corrected chi connectivity index (χ4v) is 4.46. The maximum atomic E-state index is 12.0. The van der Waals surface area contributed by atoms with Crippen LogP contribution in [0.15, 0.2) is 9.00 Å². The van der Waals surface area contributed by atoms with Gasteiger partial charge in [0.15, 0.2) is 4.21 Å². The van der Waals surface area contributed by atoms with E-state index in [0.29, 0.717) is 23.5 Å². The first kappa shape index (κ1) is 13.2. The minimum atomic E-state index is -3.77. The zero-order chi connectivity index (χ0) is 13.3. The van der Waals surface area contributed by atoms with Crippen LogP contribution in [0.5, 0.6) is 0 Å². The second kappa shape index (κ2) is 4.78. The lowest BCUT2D eigenvalue weighted by atomic mass is 10.5. The highest BCUT2D eigenvalue weighted by Gasteiger charge is 2.22. The number of aromatic nitrogens is 3. The number of aromatic amines is 1. The van der Waals surface area contributed by atoms with E-state index in [1.165, 1.54) is 18.3 Å². The average molecular weight is 306 g/mol. The molecule has 2 heterocycles. The second-order valence-electron chi connectivity index (χ2n) is 3.39. The van der Waals surface area contributed by atoms with Crippen LogP contribution in [0.2, 0.25) is 0 Å². The standard InChI is InChI=1S/C8H10N4O3S3/c1-3-5-10-11-7(16-5)12-18(14,15)6-4(2)9-8(13)17-6/h3H2,1-2H3,(H,9,13)(H,11,12). The lowest BCUT2D eigenvalue weighted by Crippen LogP contribution is -2.12. The number of sulfonamides is 1. The molecule has 0 atom stereocenters. The Kier molecular flexibility index (Phi) is 3.50. The highest BCUT2D eigenvalue weighted by atomic mass is 32.2. The van der Waals surface area contributed by atoms with Gasteiger partial charge in [0.05, 0.1) is 0 Å². The predicted octanol–water partition coefficient (Wildman–Crippen LogP) is 0.960. The van der Waals surface area contributed by atoms with Crippen LogP contribution in [0.3, 0.4) is 0 Å². The first-order valence-corrected chi connectivity index (χ1v) is 8.09. The third kappa shape index (κ3) is 2.60. The van der Waals surface area contributed by atoms with Gasteiger partial charge in [-0.1, -0.05) is 29.6 Å². The Hall–Kier alpha value is -1.26. The number of anilines is 1. The second-order valence-corrected chi connectivity index (χ2v) is 7.31. The summed E-state index contributed by atoms with van der Waals surface area (Å²) in [5, 5.41) is 8.49. The van der Waals surface area contributed by atoms with Crippen molar-refractivity contribution in [3.8, 4) is 0 Å². The molecule has 98 valence electrons. The topological polar surface area (TPSA) is 105 Å². The lowest BCUT2D eigenvalue weighted by Gasteiger charge is -2.01. The minimum absolute atomic E-state index is 0.0271. The van der Waals surface area contributed by atoms with Gasteiger partial charge in [-0.3, -0.25) is 9.52 Å². The van der Waals surface area contributed by atoms with E-state index >= 15 is 0 Å². The van der Waals surface area contributed by atoms with Crippen LogP contribution in [-0.2, 0) is 16.4 Å². The molecule has 0 aliphatic heterocycles. The molecule has 0 fully saturated rings. The van der Waals surface area contributed by atoms with Crippen molar-refractivity contribution >= 4 is 37.8 Å². The third-order valence-corrected chi connectivity index (χ3v) is 6.07. The smallest absolute Gasteiger partial charge is 0.306 e. The molecule has 18 heavy (non-hydrogen) atoms. The molecule has 0 unspecified atom stereocenters. The van der Waals surface area contributed by atoms with Crippen molar-refractivity contribution in [3.63, 3.8) is 0 Å². The van der Waals surface area contributed by atoms with E-state index in [4.69, 9.17) is 0 Å². The highest BCUT2D eigenvalue weighted by Crippen LogP contribution is 2.22. The first-order valence-electron chi connectivity index (χ1n) is 4.97. The molecule has 2 N–H and O–H groups in total. The number of hydrogen-bond acceptors (Lipinski definition) is 7. The van der Waals surface area contributed by atoms with E-state index in [0.717, 1.165) is 5.01 Å². The fraction of sp³-hybridized carbons (Fsp3) is 0.375. The van der Waals surface area contributed by atoms with Crippen molar-refractivity contribution in [2.45, 2.75) is 24.5 Å². The average Bonchev–Trinajstić information content (AvgIpc) is 2.84. The molecule has 0 aromatic carbocycles. The Morgan fingerprint density at radius 3 is 2.56 bits per heavy atom.